The fourth-order valence-electron chi connectivity index (χ4n) is 2.76. The maximum Gasteiger partial charge on any atom is 0.249 e. The molecule has 0 radical (unpaired) electrons. The number of anilines is 2. The molecule has 2 aromatic carbocycles. The van der Waals surface area contributed by atoms with Gasteiger partial charge in [-0.05, 0) is 41.8 Å². The van der Waals surface area contributed by atoms with E-state index in [1.807, 2.05) is 36.4 Å². The van der Waals surface area contributed by atoms with E-state index in [9.17, 15) is 4.79 Å². The SMILES string of the molecule is NC(=O)c1ccccc1CN1CCc2cc(N)ccc21. The number of hydrogen-bond donors (Lipinski definition) is 2. The van der Waals surface area contributed by atoms with Crippen molar-refractivity contribution in [2.45, 2.75) is 13.0 Å². The minimum absolute atomic E-state index is 0.377. The molecule has 4 nitrogen and oxygen atoms in total. The zero-order chi connectivity index (χ0) is 14.1. The molecular weight excluding hydrogens is 250 g/mol. The van der Waals surface area contributed by atoms with Crippen LogP contribution in [0, 0.1) is 0 Å². The van der Waals surface area contributed by atoms with Gasteiger partial charge < -0.3 is 16.4 Å². The second-order valence-corrected chi connectivity index (χ2v) is 5.08. The molecule has 1 aliphatic heterocycles. The van der Waals surface area contributed by atoms with Gasteiger partial charge >= 0.3 is 0 Å². The summed E-state index contributed by atoms with van der Waals surface area (Å²) in [5.74, 6) is -0.377. The minimum atomic E-state index is -0.377. The molecule has 0 bridgehead atoms. The van der Waals surface area contributed by atoms with Gasteiger partial charge in [-0.3, -0.25) is 4.79 Å². The molecule has 0 unspecified atom stereocenters. The number of nitrogens with two attached hydrogens (primary N) is 2. The molecule has 102 valence electrons. The maximum atomic E-state index is 11.5. The van der Waals surface area contributed by atoms with Crippen molar-refractivity contribution in [1.29, 1.82) is 0 Å². The first-order valence-electron chi connectivity index (χ1n) is 6.66. The minimum Gasteiger partial charge on any atom is -0.399 e. The monoisotopic (exact) mass is 267 g/mol. The smallest absolute Gasteiger partial charge is 0.249 e. The Balaban J connectivity index is 1.90. The van der Waals surface area contributed by atoms with Gasteiger partial charge in [0.2, 0.25) is 5.91 Å². The van der Waals surface area contributed by atoms with Gasteiger partial charge in [-0.1, -0.05) is 18.2 Å². The molecule has 0 aromatic heterocycles. The summed E-state index contributed by atoms with van der Waals surface area (Å²) in [5.41, 5.74) is 16.1. The van der Waals surface area contributed by atoms with E-state index in [4.69, 9.17) is 11.5 Å². The summed E-state index contributed by atoms with van der Waals surface area (Å²) in [6, 6.07) is 13.5. The molecule has 4 heteroatoms. The molecule has 0 fully saturated rings. The molecule has 20 heavy (non-hydrogen) atoms. The van der Waals surface area contributed by atoms with Gasteiger partial charge in [-0.2, -0.15) is 0 Å². The van der Waals surface area contributed by atoms with E-state index < -0.39 is 0 Å². The van der Waals surface area contributed by atoms with Crippen LogP contribution in [0.4, 0.5) is 11.4 Å². The van der Waals surface area contributed by atoms with Crippen LogP contribution in [-0.2, 0) is 13.0 Å². The summed E-state index contributed by atoms with van der Waals surface area (Å²) in [6.45, 7) is 1.63. The number of carbonyl (C=O) groups excluding carboxylic acids is 1. The Labute approximate surface area is 118 Å². The van der Waals surface area contributed by atoms with E-state index in [1.165, 1.54) is 11.3 Å². The van der Waals surface area contributed by atoms with Crippen molar-refractivity contribution in [2.24, 2.45) is 5.73 Å². The quantitative estimate of drug-likeness (QED) is 0.835. The summed E-state index contributed by atoms with van der Waals surface area (Å²) in [4.78, 5) is 13.7. The summed E-state index contributed by atoms with van der Waals surface area (Å²) in [5, 5.41) is 0. The van der Waals surface area contributed by atoms with Gasteiger partial charge in [0.25, 0.3) is 0 Å². The predicted octanol–water partition coefficient (Wildman–Crippen LogP) is 1.93. The Bertz CT molecular complexity index is 667. The Morgan fingerprint density at radius 1 is 1.20 bits per heavy atom. The number of benzene rings is 2. The highest BCUT2D eigenvalue weighted by Crippen LogP contribution is 2.31. The van der Waals surface area contributed by atoms with Gasteiger partial charge in [0.05, 0.1) is 0 Å². The third-order valence-corrected chi connectivity index (χ3v) is 3.74. The average Bonchev–Trinajstić information content (AvgIpc) is 2.81. The van der Waals surface area contributed by atoms with Crippen LogP contribution in [-0.4, -0.2) is 12.5 Å². The van der Waals surface area contributed by atoms with Crippen LogP contribution in [0.15, 0.2) is 42.5 Å². The number of primary amides is 1. The third-order valence-electron chi connectivity index (χ3n) is 3.74. The lowest BCUT2D eigenvalue weighted by Crippen LogP contribution is -2.22. The Hall–Kier alpha value is -2.49. The zero-order valence-corrected chi connectivity index (χ0v) is 11.2. The molecule has 0 aliphatic carbocycles. The highest BCUT2D eigenvalue weighted by Gasteiger charge is 2.20. The topological polar surface area (TPSA) is 72.4 Å². The maximum absolute atomic E-state index is 11.5. The van der Waals surface area contributed by atoms with Crippen molar-refractivity contribution in [3.8, 4) is 0 Å². The standard InChI is InChI=1S/C16H17N3O/c17-13-5-6-15-11(9-13)7-8-19(15)10-12-3-1-2-4-14(12)16(18)20/h1-6,9H,7-8,10,17H2,(H2,18,20). The fourth-order valence-corrected chi connectivity index (χ4v) is 2.76. The van der Waals surface area contributed by atoms with Crippen LogP contribution in [0.3, 0.4) is 0 Å². The summed E-state index contributed by atoms with van der Waals surface area (Å²) >= 11 is 0. The highest BCUT2D eigenvalue weighted by atomic mass is 16.1. The van der Waals surface area contributed by atoms with Crippen LogP contribution in [0.25, 0.3) is 0 Å². The van der Waals surface area contributed by atoms with Gasteiger partial charge in [-0.15, -0.1) is 0 Å². The molecule has 0 saturated heterocycles. The predicted molar refractivity (Wildman–Crippen MR) is 80.6 cm³/mol. The van der Waals surface area contributed by atoms with E-state index in [0.29, 0.717) is 12.1 Å². The van der Waals surface area contributed by atoms with Crippen molar-refractivity contribution in [2.75, 3.05) is 17.2 Å². The molecule has 2 aromatic rings. The van der Waals surface area contributed by atoms with Crippen LogP contribution in [0.2, 0.25) is 0 Å². The van der Waals surface area contributed by atoms with E-state index in [2.05, 4.69) is 4.90 Å². The lowest BCUT2D eigenvalue weighted by molar-refractivity contribution is 0.0999. The molecule has 1 aliphatic rings. The average molecular weight is 267 g/mol. The first kappa shape index (κ1) is 12.5. The van der Waals surface area contributed by atoms with Crippen molar-refractivity contribution < 1.29 is 4.79 Å². The van der Waals surface area contributed by atoms with E-state index >= 15 is 0 Å². The third kappa shape index (κ3) is 2.20. The lowest BCUT2D eigenvalue weighted by atomic mass is 10.1. The molecule has 1 heterocycles. The van der Waals surface area contributed by atoms with Gasteiger partial charge in [-0.25, -0.2) is 0 Å². The van der Waals surface area contributed by atoms with Gasteiger partial charge in [0, 0.05) is 30.0 Å². The largest absolute Gasteiger partial charge is 0.399 e. The van der Waals surface area contributed by atoms with Gasteiger partial charge in [0.15, 0.2) is 0 Å². The van der Waals surface area contributed by atoms with Crippen molar-refractivity contribution in [3.05, 3.63) is 59.2 Å². The molecule has 3 rings (SSSR count). The molecule has 1 amide bonds. The molecule has 0 spiro atoms. The first-order valence-corrected chi connectivity index (χ1v) is 6.66. The number of carbonyl (C=O) groups is 1. The molecule has 0 atom stereocenters. The Morgan fingerprint density at radius 3 is 2.80 bits per heavy atom. The fraction of sp³-hybridized carbons (Fsp3) is 0.188. The van der Waals surface area contributed by atoms with Crippen LogP contribution in [0.1, 0.15) is 21.5 Å². The second-order valence-electron chi connectivity index (χ2n) is 5.08. The van der Waals surface area contributed by atoms with Crippen molar-refractivity contribution in [3.63, 3.8) is 0 Å². The van der Waals surface area contributed by atoms with Crippen LogP contribution in [0.5, 0.6) is 0 Å². The molecule has 0 saturated carbocycles. The van der Waals surface area contributed by atoms with Crippen molar-refractivity contribution >= 4 is 17.3 Å². The Kier molecular flexibility index (Phi) is 3.06. The lowest BCUT2D eigenvalue weighted by Gasteiger charge is -2.20. The summed E-state index contributed by atoms with van der Waals surface area (Å²) in [6.07, 6.45) is 0.985. The van der Waals surface area contributed by atoms with Gasteiger partial charge in [0.1, 0.15) is 0 Å². The summed E-state index contributed by atoms with van der Waals surface area (Å²) < 4.78 is 0. The number of hydrogen-bond acceptors (Lipinski definition) is 3. The number of nitrogens with zero attached hydrogens (tertiary/aromatic N) is 1. The molecule has 4 N–H and O–H groups in total. The highest BCUT2D eigenvalue weighted by molar-refractivity contribution is 5.94. The van der Waals surface area contributed by atoms with Crippen LogP contribution >= 0.6 is 0 Å². The van der Waals surface area contributed by atoms with Crippen molar-refractivity contribution in [1.82, 2.24) is 0 Å². The van der Waals surface area contributed by atoms with E-state index in [0.717, 1.165) is 24.2 Å². The normalized spacial score (nSPS) is 13.3. The molecular formula is C16H17N3O. The first-order chi connectivity index (χ1) is 9.65. The van der Waals surface area contributed by atoms with E-state index in [-0.39, 0.29) is 5.91 Å². The second kappa shape index (κ2) is 4.89. The van der Waals surface area contributed by atoms with E-state index in [1.54, 1.807) is 6.07 Å². The number of nitrogen functional groups attached to an aromatic ring is 1. The number of rotatable bonds is 3. The number of amides is 1. The Morgan fingerprint density at radius 2 is 2.00 bits per heavy atom. The van der Waals surface area contributed by atoms with Crippen LogP contribution < -0.4 is 16.4 Å². The zero-order valence-electron chi connectivity index (χ0n) is 11.2. The summed E-state index contributed by atoms with van der Waals surface area (Å²) in [7, 11) is 0. The number of fused-ring (bicyclic) bond motifs is 1.